The molecule has 6 heteroatoms. The third kappa shape index (κ3) is 3.11. The summed E-state index contributed by atoms with van der Waals surface area (Å²) in [5.74, 6) is 1.55. The maximum absolute atomic E-state index is 5.95. The first-order valence-corrected chi connectivity index (χ1v) is 5.83. The molecule has 4 nitrogen and oxygen atoms in total. The number of benzene rings is 1. The number of nitrogens with zero attached hydrogens (tertiary/aromatic N) is 2. The lowest BCUT2D eigenvalue weighted by molar-refractivity contribution is 0.259. The highest BCUT2D eigenvalue weighted by Gasteiger charge is 2.07. The Hall–Kier alpha value is -1.26. The maximum atomic E-state index is 5.95. The van der Waals surface area contributed by atoms with Gasteiger partial charge in [-0.15, -0.1) is 10.2 Å². The van der Waals surface area contributed by atoms with Crippen molar-refractivity contribution in [2.75, 3.05) is 0 Å². The van der Waals surface area contributed by atoms with Crippen molar-refractivity contribution in [1.29, 1.82) is 0 Å². The number of halogens is 2. The molecule has 0 aliphatic rings. The lowest BCUT2D eigenvalue weighted by Crippen LogP contribution is -1.96. The summed E-state index contributed by atoms with van der Waals surface area (Å²) >= 11 is 11.7. The van der Waals surface area contributed by atoms with Gasteiger partial charge in [-0.3, -0.25) is 0 Å². The molecule has 0 unspecified atom stereocenters. The smallest absolute Gasteiger partial charge is 0.253 e. The zero-order chi connectivity index (χ0) is 12.3. The lowest BCUT2D eigenvalue weighted by atomic mass is 10.3. The minimum absolute atomic E-state index is 0.189. The molecule has 1 heterocycles. The van der Waals surface area contributed by atoms with Gasteiger partial charge in [0.15, 0.2) is 6.61 Å². The molecule has 0 bridgehead atoms. The first-order valence-electron chi connectivity index (χ1n) is 5.08. The van der Waals surface area contributed by atoms with Gasteiger partial charge in [-0.1, -0.05) is 30.1 Å². The number of rotatable bonds is 4. The molecule has 1 aromatic heterocycles. The summed E-state index contributed by atoms with van der Waals surface area (Å²) < 4.78 is 10.8. The second-order valence-corrected chi connectivity index (χ2v) is 4.15. The van der Waals surface area contributed by atoms with Gasteiger partial charge in [0.2, 0.25) is 5.89 Å². The molecule has 0 N–H and O–H groups in total. The van der Waals surface area contributed by atoms with E-state index >= 15 is 0 Å². The molecule has 0 saturated carbocycles. The number of hydrogen-bond donors (Lipinski definition) is 0. The van der Waals surface area contributed by atoms with E-state index in [1.54, 1.807) is 18.2 Å². The van der Waals surface area contributed by atoms with Crippen LogP contribution in [0.1, 0.15) is 18.7 Å². The van der Waals surface area contributed by atoms with Crippen LogP contribution < -0.4 is 4.74 Å². The fourth-order valence-corrected chi connectivity index (χ4v) is 1.68. The van der Waals surface area contributed by atoms with E-state index in [0.717, 1.165) is 0 Å². The largest absolute Gasteiger partial charge is 0.482 e. The quantitative estimate of drug-likeness (QED) is 0.855. The van der Waals surface area contributed by atoms with Gasteiger partial charge in [-0.25, -0.2) is 0 Å². The molecule has 17 heavy (non-hydrogen) atoms. The van der Waals surface area contributed by atoms with Crippen LogP contribution in [0.4, 0.5) is 0 Å². The van der Waals surface area contributed by atoms with Crippen LogP contribution >= 0.6 is 23.2 Å². The molecule has 0 amide bonds. The van der Waals surface area contributed by atoms with Crippen LogP contribution in [0.2, 0.25) is 10.0 Å². The van der Waals surface area contributed by atoms with Crippen LogP contribution in [0, 0.1) is 0 Å². The number of aryl methyl sites for hydroxylation is 1. The van der Waals surface area contributed by atoms with Gasteiger partial charge in [-0.05, 0) is 18.2 Å². The van der Waals surface area contributed by atoms with E-state index in [1.165, 1.54) is 0 Å². The monoisotopic (exact) mass is 272 g/mol. The molecule has 2 rings (SSSR count). The summed E-state index contributed by atoms with van der Waals surface area (Å²) in [4.78, 5) is 0. The minimum Gasteiger partial charge on any atom is -0.482 e. The van der Waals surface area contributed by atoms with Crippen molar-refractivity contribution in [3.8, 4) is 5.75 Å². The van der Waals surface area contributed by atoms with Crippen LogP contribution in [-0.4, -0.2) is 10.2 Å². The molecular weight excluding hydrogens is 263 g/mol. The Labute approximate surface area is 109 Å². The van der Waals surface area contributed by atoms with Gasteiger partial charge in [0.05, 0.1) is 5.02 Å². The van der Waals surface area contributed by atoms with Crippen molar-refractivity contribution < 1.29 is 9.15 Å². The molecule has 0 aliphatic heterocycles. The summed E-state index contributed by atoms with van der Waals surface area (Å²) in [6, 6.07) is 5.01. The third-order valence-corrected chi connectivity index (χ3v) is 2.59. The lowest BCUT2D eigenvalue weighted by Gasteiger charge is -2.05. The van der Waals surface area contributed by atoms with Crippen molar-refractivity contribution in [3.05, 3.63) is 40.0 Å². The van der Waals surface area contributed by atoms with Gasteiger partial charge in [-0.2, -0.15) is 0 Å². The normalized spacial score (nSPS) is 10.5. The first kappa shape index (κ1) is 12.2. The van der Waals surface area contributed by atoms with E-state index in [0.29, 0.717) is 34.0 Å². The fourth-order valence-electron chi connectivity index (χ4n) is 1.22. The summed E-state index contributed by atoms with van der Waals surface area (Å²) in [7, 11) is 0. The van der Waals surface area contributed by atoms with Gasteiger partial charge in [0.1, 0.15) is 5.75 Å². The average molecular weight is 273 g/mol. The second-order valence-electron chi connectivity index (χ2n) is 3.31. The van der Waals surface area contributed by atoms with Crippen molar-refractivity contribution >= 4 is 23.2 Å². The molecule has 90 valence electrons. The summed E-state index contributed by atoms with van der Waals surface area (Å²) in [5, 5.41) is 8.69. The van der Waals surface area contributed by atoms with Crippen molar-refractivity contribution in [1.82, 2.24) is 10.2 Å². The molecule has 0 atom stereocenters. The first-order chi connectivity index (χ1) is 8.19. The zero-order valence-electron chi connectivity index (χ0n) is 9.11. The van der Waals surface area contributed by atoms with Crippen LogP contribution in [-0.2, 0) is 13.0 Å². The fraction of sp³-hybridized carbons (Fsp3) is 0.273. The number of ether oxygens (including phenoxy) is 1. The number of aromatic nitrogens is 2. The van der Waals surface area contributed by atoms with E-state index in [1.807, 2.05) is 6.92 Å². The molecule has 0 spiro atoms. The molecule has 0 fully saturated rings. The topological polar surface area (TPSA) is 48.2 Å². The van der Waals surface area contributed by atoms with Gasteiger partial charge in [0.25, 0.3) is 5.89 Å². The summed E-state index contributed by atoms with van der Waals surface area (Å²) in [6.45, 7) is 2.13. The standard InChI is InChI=1S/C11H10Cl2N2O2/c1-2-10-14-15-11(17-10)6-16-9-4-3-7(12)5-8(9)13/h3-5H,2,6H2,1H3. The summed E-state index contributed by atoms with van der Waals surface area (Å²) in [5.41, 5.74) is 0. The second kappa shape index (κ2) is 5.38. The van der Waals surface area contributed by atoms with E-state index < -0.39 is 0 Å². The Morgan fingerprint density at radius 1 is 1.24 bits per heavy atom. The van der Waals surface area contributed by atoms with Crippen LogP contribution in [0.25, 0.3) is 0 Å². The molecule has 1 aromatic carbocycles. The van der Waals surface area contributed by atoms with Crippen molar-refractivity contribution in [2.45, 2.75) is 20.0 Å². The summed E-state index contributed by atoms with van der Waals surface area (Å²) in [6.07, 6.45) is 0.703. The van der Waals surface area contributed by atoms with Gasteiger partial charge >= 0.3 is 0 Å². The predicted octanol–water partition coefficient (Wildman–Crippen LogP) is 3.52. The van der Waals surface area contributed by atoms with Crippen molar-refractivity contribution in [2.24, 2.45) is 0 Å². The highest BCUT2D eigenvalue weighted by molar-refractivity contribution is 6.35. The SMILES string of the molecule is CCc1nnc(COc2ccc(Cl)cc2Cl)o1. The molecular formula is C11H10Cl2N2O2. The van der Waals surface area contributed by atoms with Gasteiger partial charge < -0.3 is 9.15 Å². The molecule has 2 aromatic rings. The Bertz CT molecular complexity index is 514. The molecule has 0 aliphatic carbocycles. The van der Waals surface area contributed by atoms with Crippen LogP contribution in [0.15, 0.2) is 22.6 Å². The predicted molar refractivity (Wildman–Crippen MR) is 64.5 cm³/mol. The Balaban J connectivity index is 2.02. The Morgan fingerprint density at radius 3 is 2.65 bits per heavy atom. The average Bonchev–Trinajstić information content (AvgIpc) is 2.76. The van der Waals surface area contributed by atoms with Crippen LogP contribution in [0.5, 0.6) is 5.75 Å². The third-order valence-electron chi connectivity index (χ3n) is 2.06. The zero-order valence-corrected chi connectivity index (χ0v) is 10.6. The maximum Gasteiger partial charge on any atom is 0.253 e. The Kier molecular flexibility index (Phi) is 3.86. The Morgan fingerprint density at radius 2 is 2.00 bits per heavy atom. The molecule has 0 saturated heterocycles. The highest BCUT2D eigenvalue weighted by atomic mass is 35.5. The van der Waals surface area contributed by atoms with Crippen molar-refractivity contribution in [3.63, 3.8) is 0 Å². The van der Waals surface area contributed by atoms with E-state index in [2.05, 4.69) is 10.2 Å². The van der Waals surface area contributed by atoms with E-state index in [9.17, 15) is 0 Å². The minimum atomic E-state index is 0.189. The van der Waals surface area contributed by atoms with E-state index in [-0.39, 0.29) is 6.61 Å². The van der Waals surface area contributed by atoms with E-state index in [4.69, 9.17) is 32.4 Å². The van der Waals surface area contributed by atoms with Crippen LogP contribution in [0.3, 0.4) is 0 Å². The van der Waals surface area contributed by atoms with Gasteiger partial charge in [0, 0.05) is 11.4 Å². The molecule has 0 radical (unpaired) electrons. The highest BCUT2D eigenvalue weighted by Crippen LogP contribution is 2.27. The number of hydrogen-bond acceptors (Lipinski definition) is 4.